The van der Waals surface area contributed by atoms with E-state index in [1.165, 1.54) is 23.5 Å². The summed E-state index contributed by atoms with van der Waals surface area (Å²) in [5, 5.41) is 13.6. The maximum absolute atomic E-state index is 12.7. The van der Waals surface area contributed by atoms with Crippen molar-refractivity contribution in [2.75, 3.05) is 27.1 Å². The first-order valence-corrected chi connectivity index (χ1v) is 13.6. The maximum Gasteiger partial charge on any atom is 0.250 e. The van der Waals surface area contributed by atoms with Crippen LogP contribution in [0.15, 0.2) is 77.0 Å². The van der Waals surface area contributed by atoms with Crippen LogP contribution in [0.25, 0.3) is 17.1 Å². The van der Waals surface area contributed by atoms with Crippen LogP contribution >= 0.6 is 11.8 Å². The van der Waals surface area contributed by atoms with Gasteiger partial charge in [-0.05, 0) is 29.2 Å². The van der Waals surface area contributed by atoms with Crippen LogP contribution in [-0.2, 0) is 10.2 Å². The van der Waals surface area contributed by atoms with Crippen LogP contribution in [0.5, 0.6) is 17.2 Å². The summed E-state index contributed by atoms with van der Waals surface area (Å²) >= 11 is 1.28. The number of carbonyl (C=O) groups is 1. The molecule has 0 saturated carbocycles. The fourth-order valence-electron chi connectivity index (χ4n) is 3.97. The Bertz CT molecular complexity index is 1480. The third kappa shape index (κ3) is 6.63. The predicted molar refractivity (Wildman–Crippen MR) is 158 cm³/mol. The summed E-state index contributed by atoms with van der Waals surface area (Å²) in [6, 6.07) is 21.6. The minimum atomic E-state index is -0.292. The van der Waals surface area contributed by atoms with Gasteiger partial charge in [-0.2, -0.15) is 5.10 Å². The van der Waals surface area contributed by atoms with E-state index in [0.29, 0.717) is 33.8 Å². The topological polar surface area (TPSA) is 99.9 Å². The Hall–Kier alpha value is -4.31. The molecule has 40 heavy (non-hydrogen) atoms. The summed E-state index contributed by atoms with van der Waals surface area (Å²) in [6.07, 6.45) is 1.50. The van der Waals surface area contributed by atoms with Crippen LogP contribution < -0.4 is 19.6 Å². The highest BCUT2D eigenvalue weighted by molar-refractivity contribution is 7.99. The molecule has 0 saturated heterocycles. The number of thioether (sulfide) groups is 1. The third-order valence-corrected chi connectivity index (χ3v) is 7.05. The van der Waals surface area contributed by atoms with Crippen LogP contribution in [0.4, 0.5) is 0 Å². The van der Waals surface area contributed by atoms with Crippen molar-refractivity contribution in [1.82, 2.24) is 20.2 Å². The molecule has 0 aliphatic carbocycles. The fraction of sp³-hybridized carbons (Fsp3) is 0.267. The van der Waals surface area contributed by atoms with Gasteiger partial charge in [0.2, 0.25) is 0 Å². The van der Waals surface area contributed by atoms with E-state index in [2.05, 4.69) is 65.8 Å². The van der Waals surface area contributed by atoms with E-state index in [0.717, 1.165) is 11.3 Å². The molecule has 208 valence electrons. The molecule has 0 atom stereocenters. The molecule has 1 aromatic heterocycles. The monoisotopic (exact) mass is 559 g/mol. The zero-order chi connectivity index (χ0) is 28.7. The van der Waals surface area contributed by atoms with Gasteiger partial charge >= 0.3 is 0 Å². The lowest BCUT2D eigenvalue weighted by molar-refractivity contribution is -0.118. The number of hydrogen-bond acceptors (Lipinski definition) is 8. The molecule has 4 rings (SSSR count). The first-order valence-electron chi connectivity index (χ1n) is 12.6. The predicted octanol–water partition coefficient (Wildman–Crippen LogP) is 5.50. The largest absolute Gasteiger partial charge is 0.496 e. The summed E-state index contributed by atoms with van der Waals surface area (Å²) in [5.41, 5.74) is 6.32. The summed E-state index contributed by atoms with van der Waals surface area (Å²) in [5.74, 6) is 2.09. The summed E-state index contributed by atoms with van der Waals surface area (Å²) < 4.78 is 18.0. The molecule has 0 radical (unpaired) electrons. The van der Waals surface area contributed by atoms with Crippen LogP contribution in [-0.4, -0.2) is 54.0 Å². The standard InChI is InChI=1S/C30H33N5O4S/c1-30(2,3)22-14-12-20(13-15-22)28-33-34-29(35(28)23-10-8-7-9-11-23)40-19-27(36)32-31-18-21-16-25(38-5)26(39-6)17-24(21)37-4/h7-18H,19H2,1-6H3,(H,32,36)/b31-18-. The minimum absolute atomic E-state index is 0.0487. The molecule has 0 aliphatic rings. The number of carbonyl (C=O) groups excluding carboxylic acids is 1. The Morgan fingerprint density at radius 3 is 2.20 bits per heavy atom. The molecule has 1 N–H and O–H groups in total. The Balaban J connectivity index is 1.50. The van der Waals surface area contributed by atoms with Gasteiger partial charge < -0.3 is 14.2 Å². The number of nitrogens with zero attached hydrogens (tertiary/aromatic N) is 4. The first kappa shape index (κ1) is 28.7. The van der Waals surface area contributed by atoms with Gasteiger partial charge in [-0.15, -0.1) is 10.2 Å². The van der Waals surface area contributed by atoms with E-state index in [1.807, 2.05) is 34.9 Å². The molecule has 3 aromatic carbocycles. The number of aromatic nitrogens is 3. The first-order chi connectivity index (χ1) is 19.2. The van der Waals surface area contributed by atoms with Crippen LogP contribution in [0.3, 0.4) is 0 Å². The Morgan fingerprint density at radius 1 is 0.925 bits per heavy atom. The molecule has 0 spiro atoms. The lowest BCUT2D eigenvalue weighted by Gasteiger charge is -2.19. The van der Waals surface area contributed by atoms with E-state index >= 15 is 0 Å². The number of benzene rings is 3. The van der Waals surface area contributed by atoms with Gasteiger partial charge in [-0.1, -0.05) is 75.0 Å². The molecule has 9 nitrogen and oxygen atoms in total. The molecule has 1 heterocycles. The molecule has 0 bridgehead atoms. The van der Waals surface area contributed by atoms with Crippen molar-refractivity contribution >= 4 is 23.9 Å². The Morgan fingerprint density at radius 2 is 1.57 bits per heavy atom. The number of rotatable bonds is 10. The average molecular weight is 560 g/mol. The lowest BCUT2D eigenvalue weighted by Crippen LogP contribution is -2.20. The maximum atomic E-state index is 12.7. The van der Waals surface area contributed by atoms with Gasteiger partial charge in [-0.3, -0.25) is 9.36 Å². The number of para-hydroxylation sites is 1. The number of nitrogens with one attached hydrogen (secondary N) is 1. The van der Waals surface area contributed by atoms with E-state index in [1.54, 1.807) is 33.5 Å². The van der Waals surface area contributed by atoms with Crippen molar-refractivity contribution in [1.29, 1.82) is 0 Å². The SMILES string of the molecule is COc1cc(OC)c(OC)cc1/C=N\NC(=O)CSc1nnc(-c2ccc(C(C)(C)C)cc2)n1-c1ccccc1. The van der Waals surface area contributed by atoms with Crippen molar-refractivity contribution in [2.45, 2.75) is 31.3 Å². The smallest absolute Gasteiger partial charge is 0.250 e. The van der Waals surface area contributed by atoms with E-state index in [4.69, 9.17) is 14.2 Å². The van der Waals surface area contributed by atoms with Gasteiger partial charge in [0, 0.05) is 22.9 Å². The third-order valence-electron chi connectivity index (χ3n) is 6.12. The zero-order valence-electron chi connectivity index (χ0n) is 23.5. The number of amides is 1. The molecule has 1 amide bonds. The van der Waals surface area contributed by atoms with Crippen LogP contribution in [0.2, 0.25) is 0 Å². The van der Waals surface area contributed by atoms with Gasteiger partial charge in [0.05, 0.1) is 33.3 Å². The van der Waals surface area contributed by atoms with E-state index < -0.39 is 0 Å². The molecule has 10 heteroatoms. The number of hydrogen-bond donors (Lipinski definition) is 1. The second-order valence-electron chi connectivity index (χ2n) is 9.84. The molecular weight excluding hydrogens is 526 g/mol. The zero-order valence-corrected chi connectivity index (χ0v) is 24.3. The molecule has 0 fully saturated rings. The van der Waals surface area contributed by atoms with Gasteiger partial charge in [0.15, 0.2) is 22.5 Å². The fourth-order valence-corrected chi connectivity index (χ4v) is 4.71. The second-order valence-corrected chi connectivity index (χ2v) is 10.8. The van der Waals surface area contributed by atoms with Crippen molar-refractivity contribution in [3.63, 3.8) is 0 Å². The van der Waals surface area contributed by atoms with Gasteiger partial charge in [-0.25, -0.2) is 5.43 Å². The van der Waals surface area contributed by atoms with Crippen molar-refractivity contribution < 1.29 is 19.0 Å². The Labute approximate surface area is 238 Å². The quantitative estimate of drug-likeness (QED) is 0.156. The second kappa shape index (κ2) is 12.7. The minimum Gasteiger partial charge on any atom is -0.496 e. The normalized spacial score (nSPS) is 11.4. The highest BCUT2D eigenvalue weighted by Crippen LogP contribution is 2.34. The number of hydrazone groups is 1. The molecule has 4 aromatic rings. The highest BCUT2D eigenvalue weighted by atomic mass is 32.2. The summed E-state index contributed by atoms with van der Waals surface area (Å²) in [4.78, 5) is 12.7. The highest BCUT2D eigenvalue weighted by Gasteiger charge is 2.19. The Kier molecular flexibility index (Phi) is 9.11. The van der Waals surface area contributed by atoms with Crippen LogP contribution in [0, 0.1) is 0 Å². The lowest BCUT2D eigenvalue weighted by atomic mass is 9.87. The number of ether oxygens (including phenoxy) is 3. The van der Waals surface area contributed by atoms with E-state index in [-0.39, 0.29) is 17.1 Å². The molecular formula is C30H33N5O4S. The number of methoxy groups -OCH3 is 3. The van der Waals surface area contributed by atoms with Crippen LogP contribution in [0.1, 0.15) is 31.9 Å². The molecule has 0 aliphatic heterocycles. The molecule has 0 unspecified atom stereocenters. The van der Waals surface area contributed by atoms with Crippen molar-refractivity contribution in [2.24, 2.45) is 5.10 Å². The van der Waals surface area contributed by atoms with E-state index in [9.17, 15) is 4.79 Å². The van der Waals surface area contributed by atoms with Gasteiger partial charge in [0.1, 0.15) is 5.75 Å². The van der Waals surface area contributed by atoms with Crippen molar-refractivity contribution in [3.8, 4) is 34.3 Å². The van der Waals surface area contributed by atoms with Crippen molar-refractivity contribution in [3.05, 3.63) is 77.9 Å². The van der Waals surface area contributed by atoms with Gasteiger partial charge in [0.25, 0.3) is 5.91 Å². The summed E-state index contributed by atoms with van der Waals surface area (Å²) in [7, 11) is 4.64. The average Bonchev–Trinajstić information content (AvgIpc) is 3.39. The summed E-state index contributed by atoms with van der Waals surface area (Å²) in [6.45, 7) is 6.55.